The molecule has 0 unspecified atom stereocenters. The van der Waals surface area contributed by atoms with Crippen LogP contribution in [0.1, 0.15) is 6.85 Å². The summed E-state index contributed by atoms with van der Waals surface area (Å²) in [6.45, 7) is 0. The van der Waals surface area contributed by atoms with Crippen LogP contribution >= 0.6 is 0 Å². The number of benzene rings is 7. The third-order valence-corrected chi connectivity index (χ3v) is 9.13. The number of aromatic nitrogens is 4. The van der Waals surface area contributed by atoms with Gasteiger partial charge in [-0.1, -0.05) is 139 Å². The van der Waals surface area contributed by atoms with E-state index in [1.807, 2.05) is 115 Å². The molecule has 0 aliphatic carbocycles. The standard InChI is InChI=1S/C45H28N4O/c1-4-15-29(16-5-1)36-27-32(49-38-24-12-10-21-33(38)34-22-11-13-25-39(34)49)28-37-41-35(23-14-26-40(41)50-42(36)37)45-47-43(30-17-6-2-7-18-30)46-44(48-45)31-19-8-3-9-20-31/h1-28H/i1D,4D,5D,15D,16D. The van der Waals surface area contributed by atoms with Crippen molar-refractivity contribution < 1.29 is 11.3 Å². The van der Waals surface area contributed by atoms with Gasteiger partial charge in [0.2, 0.25) is 0 Å². The average Bonchev–Trinajstić information content (AvgIpc) is 3.79. The van der Waals surface area contributed by atoms with Gasteiger partial charge in [0.25, 0.3) is 0 Å². The van der Waals surface area contributed by atoms with Gasteiger partial charge in [-0.3, -0.25) is 0 Å². The van der Waals surface area contributed by atoms with Gasteiger partial charge in [0.05, 0.1) is 17.9 Å². The Hall–Kier alpha value is -6.85. The Kier molecular flexibility index (Phi) is 5.35. The Bertz CT molecular complexity index is 3020. The predicted molar refractivity (Wildman–Crippen MR) is 203 cm³/mol. The van der Waals surface area contributed by atoms with Crippen LogP contribution in [0.5, 0.6) is 0 Å². The smallest absolute Gasteiger partial charge is 0.164 e. The molecule has 3 aromatic heterocycles. The molecule has 0 fully saturated rings. The molecule has 10 aromatic rings. The van der Waals surface area contributed by atoms with Crippen LogP contribution in [-0.2, 0) is 0 Å². The summed E-state index contributed by atoms with van der Waals surface area (Å²) >= 11 is 0. The number of furan rings is 1. The summed E-state index contributed by atoms with van der Waals surface area (Å²) < 4.78 is 52.4. The van der Waals surface area contributed by atoms with E-state index in [2.05, 4.69) is 28.8 Å². The van der Waals surface area contributed by atoms with E-state index in [1.165, 1.54) is 0 Å². The lowest BCUT2D eigenvalue weighted by Gasteiger charge is -2.12. The minimum Gasteiger partial charge on any atom is -0.455 e. The quantitative estimate of drug-likeness (QED) is 0.187. The zero-order chi connectivity index (χ0) is 37.4. The Balaban J connectivity index is 1.34. The molecular weight excluding hydrogens is 613 g/mol. The lowest BCUT2D eigenvalue weighted by molar-refractivity contribution is 0.670. The molecule has 0 radical (unpaired) electrons. The largest absolute Gasteiger partial charge is 0.455 e. The van der Waals surface area contributed by atoms with Gasteiger partial charge in [-0.25, -0.2) is 15.0 Å². The number of hydrogen-bond acceptors (Lipinski definition) is 4. The fourth-order valence-corrected chi connectivity index (χ4v) is 6.93. The van der Waals surface area contributed by atoms with E-state index < -0.39 is 18.1 Å². The number of hydrogen-bond donors (Lipinski definition) is 0. The monoisotopic (exact) mass is 645 g/mol. The third kappa shape index (κ3) is 4.52. The van der Waals surface area contributed by atoms with E-state index in [0.717, 1.165) is 44.0 Å². The van der Waals surface area contributed by atoms with E-state index in [0.29, 0.717) is 45.2 Å². The summed E-state index contributed by atoms with van der Waals surface area (Å²) in [6.07, 6.45) is 0. The number of fused-ring (bicyclic) bond motifs is 6. The number of rotatable bonds is 5. The molecule has 234 valence electrons. The Morgan fingerprint density at radius 2 is 1.06 bits per heavy atom. The topological polar surface area (TPSA) is 56.7 Å². The van der Waals surface area contributed by atoms with Gasteiger partial charge in [0, 0.05) is 49.5 Å². The van der Waals surface area contributed by atoms with E-state index in [-0.39, 0.29) is 17.6 Å². The first-order chi connectivity index (χ1) is 26.9. The summed E-state index contributed by atoms with van der Waals surface area (Å²) in [6, 6.07) is 43.5. The minimum atomic E-state index is -0.460. The van der Waals surface area contributed by atoms with Crippen molar-refractivity contribution in [2.75, 3.05) is 0 Å². The van der Waals surface area contributed by atoms with Crippen molar-refractivity contribution in [3.63, 3.8) is 0 Å². The highest BCUT2D eigenvalue weighted by atomic mass is 16.3. The molecule has 0 amide bonds. The predicted octanol–water partition coefficient (Wildman–Crippen LogP) is 11.5. The van der Waals surface area contributed by atoms with Crippen LogP contribution in [0.3, 0.4) is 0 Å². The molecular formula is C45H28N4O. The summed E-state index contributed by atoms with van der Waals surface area (Å²) in [5.74, 6) is 1.47. The van der Waals surface area contributed by atoms with Crippen molar-refractivity contribution in [3.8, 4) is 51.0 Å². The van der Waals surface area contributed by atoms with Gasteiger partial charge in [0.15, 0.2) is 17.5 Å². The van der Waals surface area contributed by atoms with Crippen LogP contribution in [0.15, 0.2) is 174 Å². The molecule has 0 saturated heterocycles. The fourth-order valence-electron chi connectivity index (χ4n) is 6.93. The molecule has 3 heterocycles. The maximum absolute atomic E-state index is 9.03. The molecule has 10 rings (SSSR count). The van der Waals surface area contributed by atoms with Gasteiger partial charge in [-0.2, -0.15) is 0 Å². The van der Waals surface area contributed by atoms with Crippen molar-refractivity contribution in [3.05, 3.63) is 170 Å². The Morgan fingerprint density at radius 3 is 1.70 bits per heavy atom. The summed E-state index contributed by atoms with van der Waals surface area (Å²) in [4.78, 5) is 15.0. The van der Waals surface area contributed by atoms with E-state index in [9.17, 15) is 0 Å². The van der Waals surface area contributed by atoms with Crippen molar-refractivity contribution in [2.24, 2.45) is 0 Å². The molecule has 0 aliphatic rings. The second-order valence-corrected chi connectivity index (χ2v) is 12.1. The number of para-hydroxylation sites is 2. The molecule has 5 nitrogen and oxygen atoms in total. The van der Waals surface area contributed by atoms with Crippen LogP contribution in [0, 0.1) is 0 Å². The lowest BCUT2D eigenvalue weighted by atomic mass is 9.99. The summed E-state index contributed by atoms with van der Waals surface area (Å²) in [5.41, 5.74) is 6.36. The van der Waals surface area contributed by atoms with Crippen LogP contribution in [0.2, 0.25) is 0 Å². The van der Waals surface area contributed by atoms with Gasteiger partial charge < -0.3 is 8.98 Å². The molecule has 0 aliphatic heterocycles. The molecule has 0 saturated carbocycles. The highest BCUT2D eigenvalue weighted by Crippen LogP contribution is 2.43. The van der Waals surface area contributed by atoms with E-state index in [1.54, 1.807) is 0 Å². The highest BCUT2D eigenvalue weighted by molar-refractivity contribution is 6.16. The first-order valence-corrected chi connectivity index (χ1v) is 16.3. The normalized spacial score (nSPS) is 13.0. The highest BCUT2D eigenvalue weighted by Gasteiger charge is 2.22. The van der Waals surface area contributed by atoms with Crippen LogP contribution in [-0.4, -0.2) is 19.5 Å². The summed E-state index contributed by atoms with van der Waals surface area (Å²) in [5, 5.41) is 3.52. The van der Waals surface area contributed by atoms with Gasteiger partial charge >= 0.3 is 0 Å². The molecule has 0 bridgehead atoms. The van der Waals surface area contributed by atoms with E-state index >= 15 is 0 Å². The van der Waals surface area contributed by atoms with Gasteiger partial charge in [-0.05, 0) is 35.9 Å². The SMILES string of the molecule is [2H]c1c([2H])c([2H])c(-c2cc(-n3c4ccccc4c4ccccc43)cc3c2oc2cccc(-c4nc(-c5ccccc5)nc(-c5ccccc5)n4)c23)c([2H])c1[2H]. The van der Waals surface area contributed by atoms with Crippen LogP contribution in [0.25, 0.3) is 94.7 Å². The van der Waals surface area contributed by atoms with E-state index in [4.69, 9.17) is 26.2 Å². The fraction of sp³-hybridized carbons (Fsp3) is 0. The Labute approximate surface area is 294 Å². The zero-order valence-electron chi connectivity index (χ0n) is 31.5. The Morgan fingerprint density at radius 1 is 0.480 bits per heavy atom. The third-order valence-electron chi connectivity index (χ3n) is 9.13. The zero-order valence-corrected chi connectivity index (χ0v) is 26.5. The van der Waals surface area contributed by atoms with Crippen LogP contribution in [0.4, 0.5) is 0 Å². The van der Waals surface area contributed by atoms with Crippen LogP contribution < -0.4 is 0 Å². The molecule has 0 spiro atoms. The molecule has 50 heavy (non-hydrogen) atoms. The van der Waals surface area contributed by atoms with Gasteiger partial charge in [-0.15, -0.1) is 0 Å². The summed E-state index contributed by atoms with van der Waals surface area (Å²) in [7, 11) is 0. The molecule has 5 heteroatoms. The molecule has 7 aromatic carbocycles. The maximum Gasteiger partial charge on any atom is 0.164 e. The first kappa shape index (κ1) is 23.5. The average molecular weight is 646 g/mol. The first-order valence-electron chi connectivity index (χ1n) is 18.8. The lowest BCUT2D eigenvalue weighted by Crippen LogP contribution is -2.00. The van der Waals surface area contributed by atoms with Crippen molar-refractivity contribution >= 4 is 43.7 Å². The van der Waals surface area contributed by atoms with Gasteiger partial charge in [0.1, 0.15) is 11.2 Å². The number of nitrogens with zero attached hydrogens (tertiary/aromatic N) is 4. The van der Waals surface area contributed by atoms with Crippen molar-refractivity contribution in [1.29, 1.82) is 0 Å². The maximum atomic E-state index is 9.03. The van der Waals surface area contributed by atoms with Crippen molar-refractivity contribution in [1.82, 2.24) is 19.5 Å². The van der Waals surface area contributed by atoms with Crippen molar-refractivity contribution in [2.45, 2.75) is 0 Å². The second kappa shape index (κ2) is 11.4. The minimum absolute atomic E-state index is 0.0529. The second-order valence-electron chi connectivity index (χ2n) is 12.1. The molecule has 0 N–H and O–H groups in total. The molecule has 0 atom stereocenters.